The fourth-order valence-corrected chi connectivity index (χ4v) is 6.19. The van der Waals surface area contributed by atoms with Crippen LogP contribution in [0.25, 0.3) is 0 Å². The molecule has 3 saturated carbocycles. The van der Waals surface area contributed by atoms with Crippen molar-refractivity contribution in [2.45, 2.75) is 77.6 Å². The summed E-state index contributed by atoms with van der Waals surface area (Å²) in [4.78, 5) is 25.3. The molecule has 0 saturated heterocycles. The molecule has 3 nitrogen and oxygen atoms in total. The van der Waals surface area contributed by atoms with Crippen molar-refractivity contribution in [3.63, 3.8) is 0 Å². The first kappa shape index (κ1) is 9.66. The standard InChI is InChI=1S/C21H30O3/c1-13(22)21(24)11-8-18-16-5-4-14-12-15(23)6-9-19(14,2)17(16)7-10-20(18,21)3/h12,16-18,24H,4-11H2,1-3H3/t16?,17?,18?,19?,20?,21-/m0/s1/i1D3,4D2,6D2,12D. The van der Waals surface area contributed by atoms with E-state index in [-0.39, 0.29) is 42.6 Å². The minimum absolute atomic E-state index is 0.0000273. The van der Waals surface area contributed by atoms with Crippen molar-refractivity contribution >= 4 is 11.6 Å². The van der Waals surface area contributed by atoms with E-state index in [0.29, 0.717) is 19.3 Å². The molecule has 0 heterocycles. The third kappa shape index (κ3) is 1.88. The number of hydrogen-bond acceptors (Lipinski definition) is 3. The zero-order chi connectivity index (χ0) is 24.3. The highest BCUT2D eigenvalue weighted by Gasteiger charge is 2.65. The van der Waals surface area contributed by atoms with Gasteiger partial charge in [-0.2, -0.15) is 0 Å². The summed E-state index contributed by atoms with van der Waals surface area (Å²) in [6, 6.07) is -0.568. The third-order valence-electron chi connectivity index (χ3n) is 7.72. The number of aliphatic hydroxyl groups is 1. The summed E-state index contributed by atoms with van der Waals surface area (Å²) in [5.41, 5.74) is -4.02. The van der Waals surface area contributed by atoms with Gasteiger partial charge in [-0.25, -0.2) is 0 Å². The van der Waals surface area contributed by atoms with Crippen molar-refractivity contribution in [2.75, 3.05) is 0 Å². The highest BCUT2D eigenvalue weighted by Crippen LogP contribution is 2.67. The number of ketones is 2. The van der Waals surface area contributed by atoms with Crippen molar-refractivity contribution in [3.05, 3.63) is 11.6 Å². The van der Waals surface area contributed by atoms with Gasteiger partial charge in [-0.15, -0.1) is 0 Å². The average Bonchev–Trinajstić information content (AvgIpc) is 2.89. The van der Waals surface area contributed by atoms with Gasteiger partial charge in [0, 0.05) is 21.4 Å². The molecular weight excluding hydrogens is 300 g/mol. The lowest BCUT2D eigenvalue weighted by Gasteiger charge is -2.58. The number of Topliss-reactive ketones (excluding diaryl/α,β-unsaturated/α-hetero) is 1. The zero-order valence-electron chi connectivity index (χ0n) is 22.2. The minimum atomic E-state index is -2.94. The number of carbonyl (C=O) groups excluding carboxylic acids is 2. The Hall–Kier alpha value is -0.960. The highest BCUT2D eigenvalue weighted by molar-refractivity contribution is 5.91. The monoisotopic (exact) mass is 338 g/mol. The molecule has 3 fully saturated rings. The minimum Gasteiger partial charge on any atom is -0.382 e. The second-order valence-electron chi connectivity index (χ2n) is 8.54. The molecule has 0 amide bonds. The normalized spacial score (nSPS) is 60.6. The topological polar surface area (TPSA) is 54.4 Å². The zero-order valence-corrected chi connectivity index (χ0v) is 14.2. The number of allylic oxidation sites excluding steroid dienone is 1. The first-order valence-electron chi connectivity index (χ1n) is 12.9. The van der Waals surface area contributed by atoms with E-state index in [1.165, 1.54) is 0 Å². The molecule has 4 rings (SSSR count). The van der Waals surface area contributed by atoms with E-state index in [1.54, 1.807) is 13.8 Å². The van der Waals surface area contributed by atoms with E-state index in [2.05, 4.69) is 0 Å². The Morgan fingerprint density at radius 3 is 2.75 bits per heavy atom. The molecule has 0 radical (unpaired) electrons. The summed E-state index contributed by atoms with van der Waals surface area (Å²) >= 11 is 0. The smallest absolute Gasteiger partial charge is 0.161 e. The molecule has 0 spiro atoms. The van der Waals surface area contributed by atoms with Gasteiger partial charge >= 0.3 is 0 Å². The summed E-state index contributed by atoms with van der Waals surface area (Å²) in [5, 5.41) is 11.4. The molecule has 0 aromatic carbocycles. The molecule has 0 aromatic heterocycles. The maximum absolute atomic E-state index is 12.8. The Kier molecular flexibility index (Phi) is 2.02. The van der Waals surface area contributed by atoms with Crippen LogP contribution in [-0.2, 0) is 9.59 Å². The van der Waals surface area contributed by atoms with Crippen LogP contribution in [0.15, 0.2) is 11.6 Å². The molecule has 4 aliphatic rings. The number of carbonyl (C=O) groups is 2. The Morgan fingerprint density at radius 1 is 1.25 bits per heavy atom. The van der Waals surface area contributed by atoms with E-state index in [4.69, 9.17) is 11.0 Å². The van der Waals surface area contributed by atoms with Crippen LogP contribution in [0.2, 0.25) is 0 Å². The van der Waals surface area contributed by atoms with Crippen LogP contribution in [0.4, 0.5) is 0 Å². The van der Waals surface area contributed by atoms with Gasteiger partial charge in [0.15, 0.2) is 11.6 Å². The van der Waals surface area contributed by atoms with E-state index in [0.717, 1.165) is 0 Å². The molecule has 6 atom stereocenters. The van der Waals surface area contributed by atoms with Crippen molar-refractivity contribution in [3.8, 4) is 0 Å². The molecule has 5 unspecified atom stereocenters. The summed E-state index contributed by atoms with van der Waals surface area (Å²) in [7, 11) is 0. The maximum Gasteiger partial charge on any atom is 0.161 e. The van der Waals surface area contributed by atoms with Gasteiger partial charge in [0.2, 0.25) is 0 Å². The first-order valence-corrected chi connectivity index (χ1v) is 8.87. The number of rotatable bonds is 1. The maximum atomic E-state index is 12.8. The van der Waals surface area contributed by atoms with Crippen LogP contribution < -0.4 is 0 Å². The Bertz CT molecular complexity index is 924. The van der Waals surface area contributed by atoms with E-state index >= 15 is 0 Å². The lowest BCUT2D eigenvalue weighted by Crippen LogP contribution is -2.57. The Balaban J connectivity index is 1.81. The Morgan fingerprint density at radius 2 is 2.00 bits per heavy atom. The van der Waals surface area contributed by atoms with Crippen LogP contribution in [0.5, 0.6) is 0 Å². The largest absolute Gasteiger partial charge is 0.382 e. The molecule has 1 N–H and O–H groups in total. The predicted octanol–water partition coefficient (Wildman–Crippen LogP) is 3.84. The predicted molar refractivity (Wildman–Crippen MR) is 92.3 cm³/mol. The summed E-state index contributed by atoms with van der Waals surface area (Å²) in [6.45, 7) is 0.535. The van der Waals surface area contributed by atoms with Crippen LogP contribution in [0.3, 0.4) is 0 Å². The molecule has 0 aliphatic heterocycles. The van der Waals surface area contributed by atoms with Crippen LogP contribution in [0.1, 0.15) is 82.9 Å². The SMILES string of the molecule is [2H]C1=C2C([2H])([2H])CC3C(CCC4(C)C3CC[C@]4(O)C(=O)C([2H])([2H])[2H])C2(C)CC([2H])([2H])C1=O. The van der Waals surface area contributed by atoms with Crippen molar-refractivity contribution in [1.29, 1.82) is 0 Å². The molecular formula is C21H30O3. The molecule has 3 heteroatoms. The van der Waals surface area contributed by atoms with Crippen LogP contribution in [0, 0.1) is 28.6 Å². The second kappa shape index (κ2) is 5.03. The van der Waals surface area contributed by atoms with Gasteiger partial charge in [0.1, 0.15) is 5.60 Å². The molecule has 4 aliphatic carbocycles. The highest BCUT2D eigenvalue weighted by atomic mass is 16.3. The first-order chi connectivity index (χ1) is 14.3. The van der Waals surface area contributed by atoms with Crippen LogP contribution in [-0.4, -0.2) is 22.3 Å². The fourth-order valence-electron chi connectivity index (χ4n) is 6.19. The van der Waals surface area contributed by atoms with Gasteiger partial charge in [-0.05, 0) is 81.0 Å². The van der Waals surface area contributed by atoms with E-state index < -0.39 is 53.6 Å². The summed E-state index contributed by atoms with van der Waals surface area (Å²) in [5.74, 6) is -3.01. The fraction of sp³-hybridized carbons (Fsp3) is 0.810. The van der Waals surface area contributed by atoms with Gasteiger partial charge in [0.25, 0.3) is 0 Å². The Labute approximate surface area is 156 Å². The molecule has 132 valence electrons. The summed E-state index contributed by atoms with van der Waals surface area (Å²) < 4.78 is 64.9. The molecule has 0 bridgehead atoms. The average molecular weight is 339 g/mol. The quantitative estimate of drug-likeness (QED) is 0.790. The van der Waals surface area contributed by atoms with Gasteiger partial charge in [-0.1, -0.05) is 19.4 Å². The van der Waals surface area contributed by atoms with Gasteiger partial charge < -0.3 is 5.11 Å². The van der Waals surface area contributed by atoms with Crippen molar-refractivity contribution in [2.24, 2.45) is 28.6 Å². The van der Waals surface area contributed by atoms with Crippen molar-refractivity contribution < 1.29 is 25.7 Å². The van der Waals surface area contributed by atoms with Gasteiger partial charge in [-0.3, -0.25) is 9.59 Å². The van der Waals surface area contributed by atoms with E-state index in [1.807, 2.05) is 0 Å². The number of fused-ring (bicyclic) bond motifs is 5. The molecule has 0 aromatic rings. The lowest BCUT2D eigenvalue weighted by atomic mass is 9.46. The lowest BCUT2D eigenvalue weighted by molar-refractivity contribution is -0.160. The van der Waals surface area contributed by atoms with Crippen LogP contribution >= 0.6 is 0 Å². The van der Waals surface area contributed by atoms with Crippen molar-refractivity contribution in [1.82, 2.24) is 0 Å². The van der Waals surface area contributed by atoms with E-state index in [9.17, 15) is 14.7 Å². The second-order valence-corrected chi connectivity index (χ2v) is 8.54. The third-order valence-corrected chi connectivity index (χ3v) is 7.72. The van der Waals surface area contributed by atoms with Gasteiger partial charge in [0.05, 0.1) is 1.37 Å². The number of hydrogen-bond donors (Lipinski definition) is 1. The summed E-state index contributed by atoms with van der Waals surface area (Å²) in [6.07, 6.45) is -3.33. The molecule has 24 heavy (non-hydrogen) atoms.